The number of hydrogen-bond donors (Lipinski definition) is 3. The van der Waals surface area contributed by atoms with E-state index in [-0.39, 0.29) is 5.91 Å². The number of benzene rings is 2. The first-order chi connectivity index (χ1) is 15.2. The van der Waals surface area contributed by atoms with Gasteiger partial charge >= 0.3 is 5.97 Å². The molecule has 0 spiro atoms. The molecule has 0 radical (unpaired) electrons. The fraction of sp³-hybridized carbons (Fsp3) is 0.227. The van der Waals surface area contributed by atoms with Gasteiger partial charge in [0.2, 0.25) is 5.91 Å². The third kappa shape index (κ3) is 5.14. The first-order valence-electron chi connectivity index (χ1n) is 9.81. The summed E-state index contributed by atoms with van der Waals surface area (Å²) in [5, 5.41) is 20.3. The summed E-state index contributed by atoms with van der Waals surface area (Å²) in [5.74, 6) is -0.944. The third-order valence-electron chi connectivity index (χ3n) is 5.03. The Balaban J connectivity index is 1.86. The summed E-state index contributed by atoms with van der Waals surface area (Å²) >= 11 is 9.25. The van der Waals surface area contributed by atoms with Gasteiger partial charge in [-0.2, -0.15) is 0 Å². The van der Waals surface area contributed by atoms with E-state index < -0.39 is 18.1 Å². The largest absolute Gasteiger partial charge is 0.480 e. The second kappa shape index (κ2) is 9.92. The third-order valence-corrected chi connectivity index (χ3v) is 5.42. The van der Waals surface area contributed by atoms with Crippen LogP contribution in [-0.4, -0.2) is 48.0 Å². The quantitative estimate of drug-likeness (QED) is 0.343. The molecule has 32 heavy (non-hydrogen) atoms. The standard InChI is InChI=1S/C22H23N5O3S2/c1-13-7-9-17(10-8-13)27(15(3)21(29)30)14(2)20(28)24-16-5-4-6-18(11-16)26-12-23-25-19(26)22(31)32/h4-12,14-15H,1-3H3,(H,24,28)(H,29,30)(H,31,32). The molecule has 1 aromatic heterocycles. The predicted molar refractivity (Wildman–Crippen MR) is 131 cm³/mol. The van der Waals surface area contributed by atoms with Crippen molar-refractivity contribution in [1.29, 1.82) is 0 Å². The Morgan fingerprint density at radius 1 is 1.16 bits per heavy atom. The topological polar surface area (TPSA) is 100 Å². The summed E-state index contributed by atoms with van der Waals surface area (Å²) in [6.45, 7) is 5.18. The maximum atomic E-state index is 13.1. The van der Waals surface area contributed by atoms with E-state index in [0.717, 1.165) is 5.56 Å². The van der Waals surface area contributed by atoms with E-state index in [0.29, 0.717) is 27.1 Å². The first kappa shape index (κ1) is 23.4. The molecule has 0 bridgehead atoms. The number of aliphatic carboxylic acids is 1. The molecule has 2 N–H and O–H groups in total. The highest BCUT2D eigenvalue weighted by molar-refractivity contribution is 8.11. The van der Waals surface area contributed by atoms with E-state index in [2.05, 4.69) is 28.1 Å². The van der Waals surface area contributed by atoms with E-state index >= 15 is 0 Å². The lowest BCUT2D eigenvalue weighted by Crippen LogP contribution is -2.50. The molecule has 0 aliphatic carbocycles. The monoisotopic (exact) mass is 469 g/mol. The number of carboxylic acids is 1. The van der Waals surface area contributed by atoms with Crippen LogP contribution < -0.4 is 10.2 Å². The number of hydrogen-bond acceptors (Lipinski definition) is 6. The Hall–Kier alpha value is -3.24. The zero-order valence-corrected chi connectivity index (χ0v) is 19.5. The molecule has 2 unspecified atom stereocenters. The van der Waals surface area contributed by atoms with Gasteiger partial charge in [-0.25, -0.2) is 4.79 Å². The average molecular weight is 470 g/mol. The molecule has 0 saturated heterocycles. The number of nitrogens with zero attached hydrogens (tertiary/aromatic N) is 4. The molecule has 1 amide bonds. The highest BCUT2D eigenvalue weighted by atomic mass is 32.1. The summed E-state index contributed by atoms with van der Waals surface area (Å²) in [5.41, 5.74) is 2.93. The average Bonchev–Trinajstić information content (AvgIpc) is 3.25. The van der Waals surface area contributed by atoms with Gasteiger partial charge in [-0.15, -0.1) is 22.8 Å². The molecule has 3 aromatic rings. The normalized spacial score (nSPS) is 12.6. The first-order valence-corrected chi connectivity index (χ1v) is 10.7. The van der Waals surface area contributed by atoms with Crippen molar-refractivity contribution >= 4 is 52.3 Å². The highest BCUT2D eigenvalue weighted by Crippen LogP contribution is 2.23. The van der Waals surface area contributed by atoms with E-state index in [1.165, 1.54) is 6.33 Å². The molecule has 1 heterocycles. The maximum Gasteiger partial charge on any atom is 0.326 e. The number of carboxylic acid groups (broad SMARTS) is 1. The number of rotatable bonds is 8. The van der Waals surface area contributed by atoms with Gasteiger partial charge in [0.15, 0.2) is 5.82 Å². The molecule has 0 aliphatic rings. The SMILES string of the molecule is Cc1ccc(N(C(C)C(=O)O)C(C)C(=O)Nc2cccc(-n3cnnc3C(=S)S)c2)cc1. The van der Waals surface area contributed by atoms with Crippen LogP contribution in [0.15, 0.2) is 54.9 Å². The molecule has 0 saturated carbocycles. The Kier molecular flexibility index (Phi) is 7.26. The van der Waals surface area contributed by atoms with Crippen LogP contribution in [0.2, 0.25) is 0 Å². The lowest BCUT2D eigenvalue weighted by atomic mass is 10.1. The van der Waals surface area contributed by atoms with Gasteiger partial charge in [0, 0.05) is 11.4 Å². The highest BCUT2D eigenvalue weighted by Gasteiger charge is 2.30. The van der Waals surface area contributed by atoms with Crippen molar-refractivity contribution in [2.24, 2.45) is 0 Å². The predicted octanol–water partition coefficient (Wildman–Crippen LogP) is 3.49. The van der Waals surface area contributed by atoms with Crippen molar-refractivity contribution in [3.05, 3.63) is 66.2 Å². The van der Waals surface area contributed by atoms with E-state index in [4.69, 9.17) is 12.2 Å². The minimum absolute atomic E-state index is 0.293. The summed E-state index contributed by atoms with van der Waals surface area (Å²) < 4.78 is 1.96. The molecule has 10 heteroatoms. The fourth-order valence-electron chi connectivity index (χ4n) is 3.29. The van der Waals surface area contributed by atoms with Gasteiger partial charge in [-0.3, -0.25) is 9.36 Å². The lowest BCUT2D eigenvalue weighted by Gasteiger charge is -2.33. The molecule has 8 nitrogen and oxygen atoms in total. The van der Waals surface area contributed by atoms with Crippen LogP contribution >= 0.6 is 24.8 Å². The number of amides is 1. The van der Waals surface area contributed by atoms with Crippen molar-refractivity contribution in [2.45, 2.75) is 32.9 Å². The molecule has 0 aliphatic heterocycles. The van der Waals surface area contributed by atoms with Crippen LogP contribution in [0.4, 0.5) is 11.4 Å². The van der Waals surface area contributed by atoms with E-state index in [1.54, 1.807) is 41.5 Å². The number of anilines is 2. The number of nitrogens with one attached hydrogen (secondary N) is 1. The van der Waals surface area contributed by atoms with Gasteiger partial charge in [0.1, 0.15) is 22.6 Å². The van der Waals surface area contributed by atoms with Gasteiger partial charge in [-0.05, 0) is 51.1 Å². The van der Waals surface area contributed by atoms with E-state index in [9.17, 15) is 14.7 Å². The Labute approximate surface area is 196 Å². The summed E-state index contributed by atoms with van der Waals surface area (Å²) in [6, 6.07) is 12.8. The Morgan fingerprint density at radius 3 is 2.47 bits per heavy atom. The van der Waals surface area contributed by atoms with Crippen molar-refractivity contribution in [3.63, 3.8) is 0 Å². The van der Waals surface area contributed by atoms with Crippen molar-refractivity contribution in [3.8, 4) is 5.69 Å². The zero-order chi connectivity index (χ0) is 23.4. The molecule has 2 aromatic carbocycles. The van der Waals surface area contributed by atoms with Crippen LogP contribution in [0, 0.1) is 6.92 Å². The minimum Gasteiger partial charge on any atom is -0.480 e. The summed E-state index contributed by atoms with van der Waals surface area (Å²) in [7, 11) is 0. The maximum absolute atomic E-state index is 13.1. The number of carbonyl (C=O) groups is 2. The number of thiol groups is 1. The van der Waals surface area contributed by atoms with Crippen LogP contribution in [-0.2, 0) is 9.59 Å². The lowest BCUT2D eigenvalue weighted by molar-refractivity contribution is -0.138. The second-order valence-electron chi connectivity index (χ2n) is 7.30. The molecule has 3 rings (SSSR count). The fourth-order valence-corrected chi connectivity index (χ4v) is 3.59. The van der Waals surface area contributed by atoms with Gasteiger partial charge < -0.3 is 15.3 Å². The van der Waals surface area contributed by atoms with Crippen molar-refractivity contribution in [1.82, 2.24) is 14.8 Å². The smallest absolute Gasteiger partial charge is 0.326 e. The zero-order valence-electron chi connectivity index (χ0n) is 17.8. The Morgan fingerprint density at radius 2 is 1.84 bits per heavy atom. The van der Waals surface area contributed by atoms with Crippen LogP contribution in [0.5, 0.6) is 0 Å². The molecular formula is C22H23N5O3S2. The minimum atomic E-state index is -1.02. The Bertz CT molecular complexity index is 1150. The number of aryl methyl sites for hydroxylation is 1. The van der Waals surface area contributed by atoms with Crippen LogP contribution in [0.3, 0.4) is 0 Å². The summed E-state index contributed by atoms with van der Waals surface area (Å²) in [4.78, 5) is 26.4. The van der Waals surface area contributed by atoms with E-state index in [1.807, 2.05) is 37.3 Å². The van der Waals surface area contributed by atoms with Gasteiger partial charge in [0.25, 0.3) is 0 Å². The van der Waals surface area contributed by atoms with Crippen LogP contribution in [0.1, 0.15) is 25.2 Å². The van der Waals surface area contributed by atoms with Gasteiger partial charge in [-0.1, -0.05) is 36.0 Å². The number of carbonyl (C=O) groups excluding carboxylic acids is 1. The van der Waals surface area contributed by atoms with Crippen LogP contribution in [0.25, 0.3) is 5.69 Å². The molecule has 166 valence electrons. The summed E-state index contributed by atoms with van der Waals surface area (Å²) in [6.07, 6.45) is 1.51. The van der Waals surface area contributed by atoms with Crippen molar-refractivity contribution in [2.75, 3.05) is 10.2 Å². The van der Waals surface area contributed by atoms with Crippen molar-refractivity contribution < 1.29 is 14.7 Å². The number of thiocarbonyl (C=S) groups is 1. The second-order valence-corrected chi connectivity index (χ2v) is 8.46. The number of aromatic nitrogens is 3. The molecule has 2 atom stereocenters. The molecule has 0 fully saturated rings. The van der Waals surface area contributed by atoms with Gasteiger partial charge in [0.05, 0.1) is 5.69 Å². The molecular weight excluding hydrogens is 446 g/mol.